The minimum Gasteiger partial charge on any atom is -0.388 e. The summed E-state index contributed by atoms with van der Waals surface area (Å²) in [5.74, 6) is 0. The Morgan fingerprint density at radius 2 is 2.16 bits per heavy atom. The highest BCUT2D eigenvalue weighted by Crippen LogP contribution is 2.27. The van der Waals surface area contributed by atoms with Crippen LogP contribution in [-0.2, 0) is 13.0 Å². The number of pyridine rings is 1. The molecule has 102 valence electrons. The molecule has 0 aliphatic carbocycles. The maximum Gasteiger partial charge on any atom is 0.0863 e. The van der Waals surface area contributed by atoms with Crippen LogP contribution in [-0.4, -0.2) is 19.9 Å². The minimum atomic E-state index is -0.618. The first-order valence-corrected chi connectivity index (χ1v) is 6.72. The first-order chi connectivity index (χ1) is 9.04. The Morgan fingerprint density at radius 3 is 2.79 bits per heavy atom. The summed E-state index contributed by atoms with van der Waals surface area (Å²) in [5, 5.41) is 15.4. The molecule has 1 N–H and O–H groups in total. The van der Waals surface area contributed by atoms with E-state index >= 15 is 0 Å². The number of aliphatic hydroxyl groups is 1. The first-order valence-electron chi connectivity index (χ1n) is 6.35. The van der Waals surface area contributed by atoms with Gasteiger partial charge in [0.1, 0.15) is 0 Å². The van der Waals surface area contributed by atoms with E-state index in [0.29, 0.717) is 11.4 Å². The van der Waals surface area contributed by atoms with Crippen LogP contribution in [0.3, 0.4) is 0 Å². The maximum absolute atomic E-state index is 10.4. The van der Waals surface area contributed by atoms with Gasteiger partial charge in [0.2, 0.25) is 0 Å². The molecular formula is C14H18ClN3O. The SMILES string of the molecule is CCn1nc(C)c(Cl)c1CC(O)c1cnccc1C. The van der Waals surface area contributed by atoms with Gasteiger partial charge in [-0.25, -0.2) is 0 Å². The molecule has 2 aromatic rings. The molecule has 0 aliphatic heterocycles. The standard InChI is InChI=1S/C14H18ClN3O/c1-4-18-12(14(15)10(3)17-18)7-13(19)11-8-16-6-5-9(11)2/h5-6,8,13,19H,4,7H2,1-3H3. The van der Waals surface area contributed by atoms with Crippen LogP contribution in [0.5, 0.6) is 0 Å². The molecule has 0 amide bonds. The van der Waals surface area contributed by atoms with Crippen molar-refractivity contribution in [2.24, 2.45) is 0 Å². The summed E-state index contributed by atoms with van der Waals surface area (Å²) in [7, 11) is 0. The van der Waals surface area contributed by atoms with E-state index in [-0.39, 0.29) is 0 Å². The second-order valence-corrected chi connectivity index (χ2v) is 4.99. The number of halogens is 1. The Hall–Kier alpha value is -1.39. The largest absolute Gasteiger partial charge is 0.388 e. The van der Waals surface area contributed by atoms with Crippen molar-refractivity contribution in [3.8, 4) is 0 Å². The van der Waals surface area contributed by atoms with Crippen LogP contribution >= 0.6 is 11.6 Å². The zero-order chi connectivity index (χ0) is 14.0. The van der Waals surface area contributed by atoms with Crippen molar-refractivity contribution in [1.82, 2.24) is 14.8 Å². The van der Waals surface area contributed by atoms with E-state index in [1.807, 2.05) is 31.5 Å². The van der Waals surface area contributed by atoms with E-state index in [2.05, 4.69) is 10.1 Å². The summed E-state index contributed by atoms with van der Waals surface area (Å²) in [6.07, 6.45) is 3.25. The summed E-state index contributed by atoms with van der Waals surface area (Å²) in [6, 6.07) is 1.89. The van der Waals surface area contributed by atoms with E-state index in [1.165, 1.54) is 0 Å². The Morgan fingerprint density at radius 1 is 1.42 bits per heavy atom. The third-order valence-corrected chi connectivity index (χ3v) is 3.77. The molecule has 4 nitrogen and oxygen atoms in total. The molecule has 2 heterocycles. The van der Waals surface area contributed by atoms with Crippen molar-refractivity contribution in [3.05, 3.63) is 46.0 Å². The van der Waals surface area contributed by atoms with Gasteiger partial charge in [0.15, 0.2) is 0 Å². The third kappa shape index (κ3) is 2.80. The van der Waals surface area contributed by atoms with Crippen molar-refractivity contribution in [1.29, 1.82) is 0 Å². The molecule has 1 atom stereocenters. The van der Waals surface area contributed by atoms with Crippen LogP contribution in [0.2, 0.25) is 5.02 Å². The van der Waals surface area contributed by atoms with Gasteiger partial charge >= 0.3 is 0 Å². The zero-order valence-corrected chi connectivity index (χ0v) is 12.1. The molecule has 0 saturated heterocycles. The van der Waals surface area contributed by atoms with Gasteiger partial charge in [-0.15, -0.1) is 0 Å². The Bertz CT molecular complexity index is 580. The van der Waals surface area contributed by atoms with E-state index < -0.39 is 6.10 Å². The fourth-order valence-corrected chi connectivity index (χ4v) is 2.39. The van der Waals surface area contributed by atoms with Crippen LogP contribution in [0.1, 0.15) is 35.5 Å². The topological polar surface area (TPSA) is 50.9 Å². The van der Waals surface area contributed by atoms with Crippen molar-refractivity contribution in [2.75, 3.05) is 0 Å². The molecule has 0 radical (unpaired) electrons. The zero-order valence-electron chi connectivity index (χ0n) is 11.4. The number of nitrogens with zero attached hydrogens (tertiary/aromatic N) is 3. The van der Waals surface area contributed by atoms with Crippen molar-refractivity contribution in [3.63, 3.8) is 0 Å². The number of hydrogen-bond acceptors (Lipinski definition) is 3. The van der Waals surface area contributed by atoms with Crippen molar-refractivity contribution in [2.45, 2.75) is 39.8 Å². The van der Waals surface area contributed by atoms with Crippen molar-refractivity contribution >= 4 is 11.6 Å². The van der Waals surface area contributed by atoms with Gasteiger partial charge in [0, 0.05) is 30.9 Å². The molecule has 0 saturated carbocycles. The molecule has 0 bridgehead atoms. The Labute approximate surface area is 118 Å². The van der Waals surface area contributed by atoms with Crippen LogP contribution in [0, 0.1) is 13.8 Å². The van der Waals surface area contributed by atoms with Crippen LogP contribution < -0.4 is 0 Å². The van der Waals surface area contributed by atoms with Crippen LogP contribution in [0.4, 0.5) is 0 Å². The summed E-state index contributed by atoms with van der Waals surface area (Å²) < 4.78 is 1.84. The number of aliphatic hydroxyl groups excluding tert-OH is 1. The lowest BCUT2D eigenvalue weighted by molar-refractivity contribution is 0.174. The lowest BCUT2D eigenvalue weighted by Crippen LogP contribution is -2.10. The molecule has 0 aromatic carbocycles. The second-order valence-electron chi connectivity index (χ2n) is 4.61. The fraction of sp³-hybridized carbons (Fsp3) is 0.429. The molecule has 0 aliphatic rings. The van der Waals surface area contributed by atoms with Gasteiger partial charge in [-0.3, -0.25) is 9.67 Å². The molecule has 5 heteroatoms. The third-order valence-electron chi connectivity index (χ3n) is 3.28. The predicted molar refractivity (Wildman–Crippen MR) is 75.3 cm³/mol. The molecular weight excluding hydrogens is 262 g/mol. The highest BCUT2D eigenvalue weighted by atomic mass is 35.5. The van der Waals surface area contributed by atoms with E-state index in [1.54, 1.807) is 12.4 Å². The maximum atomic E-state index is 10.4. The molecule has 1 unspecified atom stereocenters. The fourth-order valence-electron chi connectivity index (χ4n) is 2.18. The van der Waals surface area contributed by atoms with E-state index in [9.17, 15) is 5.11 Å². The Balaban J connectivity index is 2.29. The van der Waals surface area contributed by atoms with Crippen LogP contribution in [0.15, 0.2) is 18.5 Å². The molecule has 0 spiro atoms. The van der Waals surface area contributed by atoms with E-state index in [4.69, 9.17) is 11.6 Å². The van der Waals surface area contributed by atoms with Gasteiger partial charge in [0.25, 0.3) is 0 Å². The van der Waals surface area contributed by atoms with Gasteiger partial charge in [0.05, 0.1) is 22.5 Å². The highest BCUT2D eigenvalue weighted by molar-refractivity contribution is 6.31. The molecule has 19 heavy (non-hydrogen) atoms. The first kappa shape index (κ1) is 14.0. The van der Waals surface area contributed by atoms with Crippen LogP contribution in [0.25, 0.3) is 0 Å². The number of aryl methyl sites for hydroxylation is 3. The molecule has 0 fully saturated rings. The lowest BCUT2D eigenvalue weighted by Gasteiger charge is -2.14. The normalized spacial score (nSPS) is 12.7. The predicted octanol–water partition coefficient (Wildman–Crippen LogP) is 2.84. The lowest BCUT2D eigenvalue weighted by atomic mass is 10.0. The number of aromatic nitrogens is 3. The van der Waals surface area contributed by atoms with E-state index in [0.717, 1.165) is 29.1 Å². The monoisotopic (exact) mass is 279 g/mol. The molecule has 2 aromatic heterocycles. The average Bonchev–Trinajstić information content (AvgIpc) is 2.67. The summed E-state index contributed by atoms with van der Waals surface area (Å²) in [6.45, 7) is 6.58. The van der Waals surface area contributed by atoms with Gasteiger partial charge in [-0.05, 0) is 32.4 Å². The van der Waals surface area contributed by atoms with Gasteiger partial charge in [-0.2, -0.15) is 5.10 Å². The average molecular weight is 280 g/mol. The van der Waals surface area contributed by atoms with Crippen molar-refractivity contribution < 1.29 is 5.11 Å². The minimum absolute atomic E-state index is 0.444. The summed E-state index contributed by atoms with van der Waals surface area (Å²) in [5.41, 5.74) is 3.53. The smallest absolute Gasteiger partial charge is 0.0863 e. The highest BCUT2D eigenvalue weighted by Gasteiger charge is 2.18. The number of rotatable bonds is 4. The summed E-state index contributed by atoms with van der Waals surface area (Å²) in [4.78, 5) is 4.06. The van der Waals surface area contributed by atoms with Gasteiger partial charge in [-0.1, -0.05) is 11.6 Å². The molecule has 2 rings (SSSR count). The summed E-state index contributed by atoms with van der Waals surface area (Å²) >= 11 is 6.25. The quantitative estimate of drug-likeness (QED) is 0.936. The van der Waals surface area contributed by atoms with Gasteiger partial charge < -0.3 is 5.11 Å². The Kier molecular flexibility index (Phi) is 4.22. The number of hydrogen-bond donors (Lipinski definition) is 1. The second kappa shape index (κ2) is 5.72.